The van der Waals surface area contributed by atoms with E-state index in [4.69, 9.17) is 9.47 Å². The molecule has 4 nitrogen and oxygen atoms in total. The zero-order chi connectivity index (χ0) is 11.3. The molecule has 0 radical (unpaired) electrons. The SMILES string of the molecule is CONCc1cc(F)c(OC)cc1OC. The summed E-state index contributed by atoms with van der Waals surface area (Å²) in [5.74, 6) is 0.289. The second-order valence-electron chi connectivity index (χ2n) is 2.82. The molecular formula is C10H14FNO3. The molecule has 0 heterocycles. The van der Waals surface area contributed by atoms with Crippen molar-refractivity contribution >= 4 is 0 Å². The molecule has 0 aliphatic rings. The molecule has 5 heteroatoms. The van der Waals surface area contributed by atoms with Crippen molar-refractivity contribution in [1.82, 2.24) is 5.48 Å². The molecule has 0 aliphatic heterocycles. The zero-order valence-corrected chi connectivity index (χ0v) is 8.96. The van der Waals surface area contributed by atoms with Crippen molar-refractivity contribution in [3.63, 3.8) is 0 Å². The number of rotatable bonds is 5. The van der Waals surface area contributed by atoms with Gasteiger partial charge in [-0.05, 0) is 6.07 Å². The first kappa shape index (κ1) is 11.7. The van der Waals surface area contributed by atoms with Gasteiger partial charge in [0.25, 0.3) is 0 Å². The fraction of sp³-hybridized carbons (Fsp3) is 0.400. The molecule has 0 atom stereocenters. The van der Waals surface area contributed by atoms with Crippen LogP contribution in [-0.4, -0.2) is 21.3 Å². The Morgan fingerprint density at radius 1 is 1.13 bits per heavy atom. The molecule has 0 spiro atoms. The maximum atomic E-state index is 13.3. The van der Waals surface area contributed by atoms with Crippen molar-refractivity contribution in [3.05, 3.63) is 23.5 Å². The summed E-state index contributed by atoms with van der Waals surface area (Å²) in [6, 6.07) is 2.85. The molecule has 0 saturated heterocycles. The lowest BCUT2D eigenvalue weighted by Crippen LogP contribution is -2.12. The standard InChI is InChI=1S/C10H14FNO3/c1-13-9-5-10(14-2)8(11)4-7(9)6-12-15-3/h4-5,12H,6H2,1-3H3. The number of methoxy groups -OCH3 is 2. The Morgan fingerprint density at radius 2 is 1.80 bits per heavy atom. The first-order valence-corrected chi connectivity index (χ1v) is 4.39. The molecule has 15 heavy (non-hydrogen) atoms. The minimum absolute atomic E-state index is 0.160. The van der Waals surface area contributed by atoms with Crippen LogP contribution in [0.1, 0.15) is 5.56 Å². The van der Waals surface area contributed by atoms with Crippen molar-refractivity contribution in [1.29, 1.82) is 0 Å². The molecule has 1 aromatic carbocycles. The third-order valence-electron chi connectivity index (χ3n) is 1.96. The van der Waals surface area contributed by atoms with Gasteiger partial charge in [-0.3, -0.25) is 0 Å². The first-order chi connectivity index (χ1) is 7.22. The Bertz CT molecular complexity index is 331. The summed E-state index contributed by atoms with van der Waals surface area (Å²) in [7, 11) is 4.42. The number of ether oxygens (including phenoxy) is 2. The highest BCUT2D eigenvalue weighted by Gasteiger charge is 2.10. The molecular weight excluding hydrogens is 201 g/mol. The highest BCUT2D eigenvalue weighted by Crippen LogP contribution is 2.27. The van der Waals surface area contributed by atoms with E-state index in [0.29, 0.717) is 17.9 Å². The van der Waals surface area contributed by atoms with Gasteiger partial charge in [-0.2, -0.15) is 5.48 Å². The molecule has 0 aromatic heterocycles. The third kappa shape index (κ3) is 2.81. The van der Waals surface area contributed by atoms with E-state index in [-0.39, 0.29) is 5.75 Å². The van der Waals surface area contributed by atoms with Gasteiger partial charge in [0.05, 0.1) is 21.3 Å². The van der Waals surface area contributed by atoms with E-state index in [0.717, 1.165) is 0 Å². The van der Waals surface area contributed by atoms with Crippen LogP contribution in [0.25, 0.3) is 0 Å². The molecule has 0 fully saturated rings. The Balaban J connectivity index is 2.98. The lowest BCUT2D eigenvalue weighted by Gasteiger charge is -2.11. The van der Waals surface area contributed by atoms with Crippen molar-refractivity contribution in [3.8, 4) is 11.5 Å². The van der Waals surface area contributed by atoms with Crippen LogP contribution in [0.2, 0.25) is 0 Å². The van der Waals surface area contributed by atoms with Crippen molar-refractivity contribution in [2.75, 3.05) is 21.3 Å². The van der Waals surface area contributed by atoms with Crippen LogP contribution >= 0.6 is 0 Å². The quantitative estimate of drug-likeness (QED) is 0.755. The summed E-state index contributed by atoms with van der Waals surface area (Å²) >= 11 is 0. The number of hydrogen-bond acceptors (Lipinski definition) is 4. The molecule has 0 bridgehead atoms. The second kappa shape index (κ2) is 5.53. The van der Waals surface area contributed by atoms with E-state index in [1.807, 2.05) is 0 Å². The van der Waals surface area contributed by atoms with Crippen molar-refractivity contribution in [2.45, 2.75) is 6.54 Å². The number of hydrogen-bond donors (Lipinski definition) is 1. The fourth-order valence-corrected chi connectivity index (χ4v) is 1.21. The van der Waals surface area contributed by atoms with Gasteiger partial charge in [-0.1, -0.05) is 0 Å². The van der Waals surface area contributed by atoms with Gasteiger partial charge in [0, 0.05) is 18.2 Å². The van der Waals surface area contributed by atoms with E-state index in [1.165, 1.54) is 33.5 Å². The van der Waals surface area contributed by atoms with E-state index in [1.54, 1.807) is 0 Å². The average Bonchev–Trinajstić information content (AvgIpc) is 2.26. The topological polar surface area (TPSA) is 39.7 Å². The zero-order valence-electron chi connectivity index (χ0n) is 8.96. The lowest BCUT2D eigenvalue weighted by molar-refractivity contribution is 0.0860. The van der Waals surface area contributed by atoms with Gasteiger partial charge in [0.15, 0.2) is 11.6 Å². The van der Waals surface area contributed by atoms with Gasteiger partial charge >= 0.3 is 0 Å². The van der Waals surface area contributed by atoms with Gasteiger partial charge in [-0.25, -0.2) is 4.39 Å². The van der Waals surface area contributed by atoms with Crippen LogP contribution in [0.4, 0.5) is 4.39 Å². The van der Waals surface area contributed by atoms with Gasteiger partial charge in [0.1, 0.15) is 5.75 Å². The van der Waals surface area contributed by atoms with Crippen molar-refractivity contribution < 1.29 is 18.7 Å². The first-order valence-electron chi connectivity index (χ1n) is 4.39. The lowest BCUT2D eigenvalue weighted by atomic mass is 10.2. The van der Waals surface area contributed by atoms with Crippen LogP contribution in [-0.2, 0) is 11.4 Å². The number of benzene rings is 1. The molecule has 0 aliphatic carbocycles. The number of halogens is 1. The Hall–Kier alpha value is -1.33. The smallest absolute Gasteiger partial charge is 0.165 e. The van der Waals surface area contributed by atoms with Crippen LogP contribution < -0.4 is 15.0 Å². The third-order valence-corrected chi connectivity index (χ3v) is 1.96. The summed E-state index contributed by atoms with van der Waals surface area (Å²) in [6.07, 6.45) is 0. The van der Waals surface area contributed by atoms with Crippen LogP contribution in [0, 0.1) is 5.82 Å². The second-order valence-corrected chi connectivity index (χ2v) is 2.82. The summed E-state index contributed by atoms with van der Waals surface area (Å²) in [4.78, 5) is 4.68. The van der Waals surface area contributed by atoms with Crippen molar-refractivity contribution in [2.24, 2.45) is 0 Å². The Kier molecular flexibility index (Phi) is 4.33. The van der Waals surface area contributed by atoms with Crippen LogP contribution in [0.5, 0.6) is 11.5 Å². The summed E-state index contributed by atoms with van der Waals surface area (Å²) in [6.45, 7) is 0.362. The molecule has 0 amide bonds. The predicted octanol–water partition coefficient (Wildman–Crippen LogP) is 1.49. The Morgan fingerprint density at radius 3 is 2.33 bits per heavy atom. The van der Waals surface area contributed by atoms with Crippen LogP contribution in [0.3, 0.4) is 0 Å². The highest BCUT2D eigenvalue weighted by molar-refractivity contribution is 5.41. The minimum atomic E-state index is -0.425. The highest BCUT2D eigenvalue weighted by atomic mass is 19.1. The van der Waals surface area contributed by atoms with E-state index < -0.39 is 5.82 Å². The maximum Gasteiger partial charge on any atom is 0.165 e. The van der Waals surface area contributed by atoms with E-state index in [2.05, 4.69) is 10.3 Å². The molecule has 1 aromatic rings. The van der Waals surface area contributed by atoms with E-state index in [9.17, 15) is 4.39 Å². The minimum Gasteiger partial charge on any atom is -0.496 e. The predicted molar refractivity (Wildman–Crippen MR) is 53.4 cm³/mol. The summed E-state index contributed by atoms with van der Waals surface area (Å²) < 4.78 is 23.3. The number of hydroxylamine groups is 1. The molecule has 84 valence electrons. The largest absolute Gasteiger partial charge is 0.496 e. The normalized spacial score (nSPS) is 10.1. The molecule has 1 rings (SSSR count). The average molecular weight is 215 g/mol. The van der Waals surface area contributed by atoms with Gasteiger partial charge in [-0.15, -0.1) is 0 Å². The summed E-state index contributed by atoms with van der Waals surface area (Å²) in [5.41, 5.74) is 3.28. The molecule has 1 N–H and O–H groups in total. The van der Waals surface area contributed by atoms with Crippen LogP contribution in [0.15, 0.2) is 12.1 Å². The fourth-order valence-electron chi connectivity index (χ4n) is 1.21. The molecule has 0 unspecified atom stereocenters. The van der Waals surface area contributed by atoms with E-state index >= 15 is 0 Å². The van der Waals surface area contributed by atoms with Gasteiger partial charge in [0.2, 0.25) is 0 Å². The van der Waals surface area contributed by atoms with Gasteiger partial charge < -0.3 is 14.3 Å². The maximum absolute atomic E-state index is 13.3. The number of nitrogens with one attached hydrogen (secondary N) is 1. The Labute approximate surface area is 87.9 Å². The summed E-state index contributed by atoms with van der Waals surface area (Å²) in [5, 5.41) is 0. The molecule has 0 saturated carbocycles. The monoisotopic (exact) mass is 215 g/mol.